The minimum absolute atomic E-state index is 0.255. The molecule has 0 saturated carbocycles. The van der Waals surface area contributed by atoms with Crippen molar-refractivity contribution in [2.24, 2.45) is 0 Å². The molecule has 1 N–H and O–H groups in total. The van der Waals surface area contributed by atoms with E-state index in [1.165, 1.54) is 0 Å². The Labute approximate surface area is 90.6 Å². The van der Waals surface area contributed by atoms with Gasteiger partial charge < -0.3 is 10.2 Å². The first-order valence-corrected chi connectivity index (χ1v) is 6.48. The quantitative estimate of drug-likeness (QED) is 0.759. The average Bonchev–Trinajstić information content (AvgIpc) is 2.26. The summed E-state index contributed by atoms with van der Waals surface area (Å²) in [5.74, 6) is 2.44. The Morgan fingerprint density at radius 2 is 2.14 bits per heavy atom. The Bertz CT molecular complexity index is 181. The molecule has 1 saturated heterocycles. The van der Waals surface area contributed by atoms with Crippen LogP contribution >= 0.6 is 11.8 Å². The van der Waals surface area contributed by atoms with E-state index in [2.05, 4.69) is 19.2 Å². The highest BCUT2D eigenvalue weighted by Gasteiger charge is 2.16. The molecule has 14 heavy (non-hydrogen) atoms. The Morgan fingerprint density at radius 1 is 1.50 bits per heavy atom. The van der Waals surface area contributed by atoms with Crippen LogP contribution in [0, 0.1) is 0 Å². The number of rotatable bonds is 4. The molecule has 4 heteroatoms. The van der Waals surface area contributed by atoms with Crippen molar-refractivity contribution in [3.8, 4) is 0 Å². The van der Waals surface area contributed by atoms with Gasteiger partial charge in [0.25, 0.3) is 0 Å². The van der Waals surface area contributed by atoms with Gasteiger partial charge in [0.15, 0.2) is 0 Å². The molecular formula is C10H20N2OS. The van der Waals surface area contributed by atoms with Crippen LogP contribution in [0.5, 0.6) is 0 Å². The van der Waals surface area contributed by atoms with Crippen molar-refractivity contribution in [3.63, 3.8) is 0 Å². The summed E-state index contributed by atoms with van der Waals surface area (Å²) >= 11 is 1.93. The van der Waals surface area contributed by atoms with E-state index in [4.69, 9.17) is 0 Å². The topological polar surface area (TPSA) is 32.3 Å². The van der Waals surface area contributed by atoms with Crippen molar-refractivity contribution in [2.45, 2.75) is 26.3 Å². The maximum atomic E-state index is 11.7. The highest BCUT2D eigenvalue weighted by atomic mass is 32.2. The van der Waals surface area contributed by atoms with Gasteiger partial charge in [-0.25, -0.2) is 0 Å². The van der Waals surface area contributed by atoms with Gasteiger partial charge in [-0.1, -0.05) is 6.92 Å². The molecule has 0 spiro atoms. The van der Waals surface area contributed by atoms with Crippen LogP contribution in [0.3, 0.4) is 0 Å². The van der Waals surface area contributed by atoms with Gasteiger partial charge in [0.05, 0.1) is 6.54 Å². The minimum atomic E-state index is 0.255. The monoisotopic (exact) mass is 216 g/mol. The van der Waals surface area contributed by atoms with Gasteiger partial charge in [0.2, 0.25) is 5.91 Å². The third-order valence-corrected chi connectivity index (χ3v) is 3.52. The number of thioether (sulfide) groups is 1. The lowest BCUT2D eigenvalue weighted by Gasteiger charge is -2.27. The molecule has 1 aliphatic heterocycles. The smallest absolute Gasteiger partial charge is 0.236 e. The first-order valence-electron chi connectivity index (χ1n) is 5.33. The van der Waals surface area contributed by atoms with Crippen molar-refractivity contribution < 1.29 is 4.79 Å². The second kappa shape index (κ2) is 6.30. The van der Waals surface area contributed by atoms with Gasteiger partial charge in [-0.05, 0) is 13.3 Å². The summed E-state index contributed by atoms with van der Waals surface area (Å²) in [6.07, 6.45) is 1.07. The molecule has 1 fully saturated rings. The molecule has 1 rings (SSSR count). The molecule has 0 aromatic rings. The summed E-state index contributed by atoms with van der Waals surface area (Å²) in [7, 11) is 0. The second-order valence-electron chi connectivity index (χ2n) is 3.68. The maximum absolute atomic E-state index is 11.7. The predicted octanol–water partition coefficient (Wildman–Crippen LogP) is 0.950. The van der Waals surface area contributed by atoms with Gasteiger partial charge in [-0.3, -0.25) is 4.79 Å². The Morgan fingerprint density at radius 3 is 2.71 bits per heavy atom. The zero-order valence-corrected chi connectivity index (χ0v) is 9.90. The van der Waals surface area contributed by atoms with E-state index in [0.29, 0.717) is 12.6 Å². The van der Waals surface area contributed by atoms with Crippen LogP contribution in [0.25, 0.3) is 0 Å². The highest BCUT2D eigenvalue weighted by molar-refractivity contribution is 7.99. The number of nitrogens with zero attached hydrogens (tertiary/aromatic N) is 1. The summed E-state index contributed by atoms with van der Waals surface area (Å²) in [6.45, 7) is 6.58. The van der Waals surface area contributed by atoms with Crippen LogP contribution in [-0.4, -0.2) is 48.0 Å². The summed E-state index contributed by atoms with van der Waals surface area (Å²) in [4.78, 5) is 13.6. The molecule has 1 atom stereocenters. The molecule has 0 radical (unpaired) electrons. The molecule has 3 nitrogen and oxygen atoms in total. The largest absolute Gasteiger partial charge is 0.340 e. The SMILES string of the molecule is CCC(C)NCC(=O)N1CCSCC1. The van der Waals surface area contributed by atoms with Crippen LogP contribution in [0.1, 0.15) is 20.3 Å². The maximum Gasteiger partial charge on any atom is 0.236 e. The van der Waals surface area contributed by atoms with Gasteiger partial charge in [0.1, 0.15) is 0 Å². The normalized spacial score (nSPS) is 19.4. The van der Waals surface area contributed by atoms with E-state index in [1.54, 1.807) is 0 Å². The molecular weight excluding hydrogens is 196 g/mol. The third kappa shape index (κ3) is 3.88. The Hall–Kier alpha value is -0.220. The van der Waals surface area contributed by atoms with Gasteiger partial charge in [-0.2, -0.15) is 11.8 Å². The number of carbonyl (C=O) groups excluding carboxylic acids is 1. The molecule has 1 amide bonds. The van der Waals surface area contributed by atoms with Crippen molar-refractivity contribution in [1.29, 1.82) is 0 Å². The van der Waals surface area contributed by atoms with Crippen LogP contribution in [0.15, 0.2) is 0 Å². The fraction of sp³-hybridized carbons (Fsp3) is 0.900. The molecule has 82 valence electrons. The molecule has 0 aromatic heterocycles. The fourth-order valence-electron chi connectivity index (χ4n) is 1.33. The van der Waals surface area contributed by atoms with Crippen molar-refractivity contribution >= 4 is 17.7 Å². The zero-order valence-electron chi connectivity index (χ0n) is 9.08. The summed E-state index contributed by atoms with van der Waals surface area (Å²) < 4.78 is 0. The van der Waals surface area contributed by atoms with E-state index in [1.807, 2.05) is 16.7 Å². The molecule has 0 bridgehead atoms. The van der Waals surface area contributed by atoms with Gasteiger partial charge >= 0.3 is 0 Å². The van der Waals surface area contributed by atoms with Crippen LogP contribution < -0.4 is 5.32 Å². The van der Waals surface area contributed by atoms with E-state index < -0.39 is 0 Å². The number of nitrogens with one attached hydrogen (secondary N) is 1. The molecule has 0 aromatic carbocycles. The molecule has 0 aliphatic carbocycles. The lowest BCUT2D eigenvalue weighted by atomic mass is 10.2. The minimum Gasteiger partial charge on any atom is -0.340 e. The van der Waals surface area contributed by atoms with E-state index in [9.17, 15) is 4.79 Å². The predicted molar refractivity (Wildman–Crippen MR) is 61.7 cm³/mol. The number of hydrogen-bond acceptors (Lipinski definition) is 3. The molecule has 1 aliphatic rings. The summed E-state index contributed by atoms with van der Waals surface area (Å²) in [6, 6.07) is 0.443. The van der Waals surface area contributed by atoms with Crippen molar-refractivity contribution in [3.05, 3.63) is 0 Å². The van der Waals surface area contributed by atoms with Crippen LogP contribution in [0.2, 0.25) is 0 Å². The lowest BCUT2D eigenvalue weighted by Crippen LogP contribution is -2.44. The van der Waals surface area contributed by atoms with E-state index in [-0.39, 0.29) is 5.91 Å². The highest BCUT2D eigenvalue weighted by Crippen LogP contribution is 2.08. The lowest BCUT2D eigenvalue weighted by molar-refractivity contribution is -0.130. The first-order chi connectivity index (χ1) is 6.74. The molecule has 1 unspecified atom stereocenters. The number of carbonyl (C=O) groups is 1. The Balaban J connectivity index is 2.19. The van der Waals surface area contributed by atoms with E-state index in [0.717, 1.165) is 31.0 Å². The standard InChI is InChI=1S/C10H20N2OS/c1-3-9(2)11-8-10(13)12-4-6-14-7-5-12/h9,11H,3-8H2,1-2H3. The second-order valence-corrected chi connectivity index (χ2v) is 4.91. The average molecular weight is 216 g/mol. The number of hydrogen-bond donors (Lipinski definition) is 1. The number of amides is 1. The fourth-order valence-corrected chi connectivity index (χ4v) is 2.23. The van der Waals surface area contributed by atoms with Gasteiger partial charge in [0, 0.05) is 30.6 Å². The zero-order chi connectivity index (χ0) is 10.4. The van der Waals surface area contributed by atoms with E-state index >= 15 is 0 Å². The first kappa shape index (κ1) is 11.9. The van der Waals surface area contributed by atoms with Gasteiger partial charge in [-0.15, -0.1) is 0 Å². The van der Waals surface area contributed by atoms with Crippen LogP contribution in [0.4, 0.5) is 0 Å². The van der Waals surface area contributed by atoms with Crippen LogP contribution in [-0.2, 0) is 4.79 Å². The third-order valence-electron chi connectivity index (χ3n) is 2.58. The molecule has 1 heterocycles. The van der Waals surface area contributed by atoms with Crippen molar-refractivity contribution in [1.82, 2.24) is 10.2 Å². The Kier molecular flexibility index (Phi) is 5.33. The summed E-state index contributed by atoms with van der Waals surface area (Å²) in [5.41, 5.74) is 0. The summed E-state index contributed by atoms with van der Waals surface area (Å²) in [5, 5.41) is 3.23. The van der Waals surface area contributed by atoms with Crippen molar-refractivity contribution in [2.75, 3.05) is 31.1 Å².